The molecule has 0 heterocycles. The van der Waals surface area contributed by atoms with Gasteiger partial charge in [0.1, 0.15) is 0 Å². The summed E-state index contributed by atoms with van der Waals surface area (Å²) in [5.74, 6) is 0. The number of hydrogen-bond acceptors (Lipinski definition) is 2. The van der Waals surface area contributed by atoms with Gasteiger partial charge in [0.05, 0.1) is 4.90 Å². The Kier molecular flexibility index (Phi) is 5.48. The van der Waals surface area contributed by atoms with Crippen LogP contribution < -0.4 is 0 Å². The van der Waals surface area contributed by atoms with Gasteiger partial charge in [-0.3, -0.25) is 0 Å². The van der Waals surface area contributed by atoms with Crippen molar-refractivity contribution in [1.29, 1.82) is 0 Å². The molecule has 0 atom stereocenters. The predicted octanol–water partition coefficient (Wildman–Crippen LogP) is 4.69. The first kappa shape index (κ1) is 17.0. The third-order valence-electron chi connectivity index (χ3n) is 2.90. The minimum Gasteiger partial charge on any atom is -0.207 e. The van der Waals surface area contributed by atoms with E-state index in [1.54, 1.807) is 37.4 Å². The Balaban J connectivity index is 2.30. The molecule has 0 spiro atoms. The fourth-order valence-electron chi connectivity index (χ4n) is 1.77. The van der Waals surface area contributed by atoms with Crippen molar-refractivity contribution in [3.8, 4) is 0 Å². The van der Waals surface area contributed by atoms with Gasteiger partial charge < -0.3 is 0 Å². The van der Waals surface area contributed by atoms with Gasteiger partial charge in [-0.2, -0.15) is 4.31 Å². The maximum absolute atomic E-state index is 12.6. The number of rotatable bonds is 4. The standard InChI is InChI=1S/C14H12Br2ClNO2S/c1-18(9-10-2-5-12(17)6-3-10)21(19,20)14-8-11(15)4-7-13(14)16/h2-8H,9H2,1H3. The Morgan fingerprint density at radius 3 is 2.33 bits per heavy atom. The van der Waals surface area contributed by atoms with Crippen molar-refractivity contribution in [3.05, 3.63) is 62.0 Å². The van der Waals surface area contributed by atoms with Gasteiger partial charge in [-0.05, 0) is 51.8 Å². The number of halogens is 3. The molecule has 0 aliphatic heterocycles. The lowest BCUT2D eigenvalue weighted by Crippen LogP contribution is -2.26. The summed E-state index contributed by atoms with van der Waals surface area (Å²) in [7, 11) is -2.02. The SMILES string of the molecule is CN(Cc1ccc(Cl)cc1)S(=O)(=O)c1cc(Br)ccc1Br. The fourth-order valence-corrected chi connectivity index (χ4v) is 4.52. The van der Waals surface area contributed by atoms with Gasteiger partial charge in [0.2, 0.25) is 10.0 Å². The van der Waals surface area contributed by atoms with Crippen LogP contribution in [0.15, 0.2) is 56.3 Å². The first-order valence-corrected chi connectivity index (χ1v) is 9.37. The van der Waals surface area contributed by atoms with Crippen LogP contribution in [0.1, 0.15) is 5.56 Å². The first-order chi connectivity index (χ1) is 9.80. The summed E-state index contributed by atoms with van der Waals surface area (Å²) in [6.07, 6.45) is 0. The zero-order chi connectivity index (χ0) is 15.6. The fraction of sp³-hybridized carbons (Fsp3) is 0.143. The monoisotopic (exact) mass is 451 g/mol. The molecule has 2 aromatic carbocycles. The molecule has 3 nitrogen and oxygen atoms in total. The Hall–Kier alpha value is -0.400. The van der Waals surface area contributed by atoms with Crippen molar-refractivity contribution < 1.29 is 8.42 Å². The van der Waals surface area contributed by atoms with Crippen molar-refractivity contribution in [2.24, 2.45) is 0 Å². The largest absolute Gasteiger partial charge is 0.244 e. The highest BCUT2D eigenvalue weighted by Crippen LogP contribution is 2.28. The van der Waals surface area contributed by atoms with Crippen LogP contribution in [0.5, 0.6) is 0 Å². The van der Waals surface area contributed by atoms with Crippen LogP contribution in [0.3, 0.4) is 0 Å². The Morgan fingerprint density at radius 1 is 1.10 bits per heavy atom. The second-order valence-corrected chi connectivity index (χ2v) is 8.68. The van der Waals surface area contributed by atoms with Crippen molar-refractivity contribution in [2.45, 2.75) is 11.4 Å². The summed E-state index contributed by atoms with van der Waals surface area (Å²) in [5.41, 5.74) is 0.872. The molecule has 0 N–H and O–H groups in total. The molecule has 112 valence electrons. The van der Waals surface area contributed by atoms with Crippen LogP contribution >= 0.6 is 43.5 Å². The summed E-state index contributed by atoms with van der Waals surface area (Å²) in [6.45, 7) is 0.276. The van der Waals surface area contributed by atoms with Crippen LogP contribution in [0, 0.1) is 0 Å². The van der Waals surface area contributed by atoms with E-state index in [0.717, 1.165) is 5.56 Å². The van der Waals surface area contributed by atoms with Gasteiger partial charge in [-0.1, -0.05) is 39.7 Å². The van der Waals surface area contributed by atoms with E-state index in [-0.39, 0.29) is 11.4 Å². The lowest BCUT2D eigenvalue weighted by atomic mass is 10.2. The molecule has 0 fully saturated rings. The molecule has 7 heteroatoms. The molecule has 2 aromatic rings. The summed E-state index contributed by atoms with van der Waals surface area (Å²) < 4.78 is 27.8. The average Bonchev–Trinajstić information content (AvgIpc) is 2.43. The van der Waals surface area contributed by atoms with E-state index in [9.17, 15) is 8.42 Å². The molecular weight excluding hydrogens is 441 g/mol. The van der Waals surface area contributed by atoms with Crippen LogP contribution in [0.2, 0.25) is 5.02 Å². The van der Waals surface area contributed by atoms with E-state index in [4.69, 9.17) is 11.6 Å². The number of hydrogen-bond donors (Lipinski definition) is 0. The lowest BCUT2D eigenvalue weighted by molar-refractivity contribution is 0.466. The summed E-state index contributed by atoms with van der Waals surface area (Å²) in [5, 5.41) is 0.624. The zero-order valence-electron chi connectivity index (χ0n) is 11.1. The van der Waals surface area contributed by atoms with E-state index >= 15 is 0 Å². The summed E-state index contributed by atoms with van der Waals surface area (Å²) in [6, 6.07) is 12.2. The highest BCUT2D eigenvalue weighted by atomic mass is 79.9. The summed E-state index contributed by atoms with van der Waals surface area (Å²) in [4.78, 5) is 0.230. The molecule has 0 unspecified atom stereocenters. The van der Waals surface area contributed by atoms with Crippen LogP contribution in [-0.2, 0) is 16.6 Å². The smallest absolute Gasteiger partial charge is 0.207 e. The third-order valence-corrected chi connectivity index (χ3v) is 6.44. The minimum absolute atomic E-state index is 0.230. The Labute approximate surface area is 146 Å². The number of benzene rings is 2. The Bertz CT molecular complexity index is 748. The molecule has 0 radical (unpaired) electrons. The molecule has 0 aliphatic carbocycles. The first-order valence-electron chi connectivity index (χ1n) is 5.96. The lowest BCUT2D eigenvalue weighted by Gasteiger charge is -2.18. The normalized spacial score (nSPS) is 11.9. The van der Waals surface area contributed by atoms with Crippen molar-refractivity contribution in [2.75, 3.05) is 7.05 Å². The highest BCUT2D eigenvalue weighted by molar-refractivity contribution is 9.11. The highest BCUT2D eigenvalue weighted by Gasteiger charge is 2.23. The van der Waals surface area contributed by atoms with E-state index in [1.807, 2.05) is 12.1 Å². The molecule has 2 rings (SSSR count). The van der Waals surface area contributed by atoms with Crippen molar-refractivity contribution in [3.63, 3.8) is 0 Å². The minimum atomic E-state index is -3.58. The van der Waals surface area contributed by atoms with Gasteiger partial charge in [0.25, 0.3) is 0 Å². The molecule has 0 aromatic heterocycles. The molecule has 0 aliphatic rings. The number of nitrogens with zero attached hydrogens (tertiary/aromatic N) is 1. The topological polar surface area (TPSA) is 37.4 Å². The van der Waals surface area contributed by atoms with Gasteiger partial charge in [0, 0.05) is 27.6 Å². The van der Waals surface area contributed by atoms with Crippen LogP contribution in [-0.4, -0.2) is 19.8 Å². The molecule has 0 bridgehead atoms. The van der Waals surface area contributed by atoms with E-state index in [0.29, 0.717) is 14.0 Å². The van der Waals surface area contributed by atoms with E-state index in [1.165, 1.54) is 4.31 Å². The van der Waals surface area contributed by atoms with Crippen LogP contribution in [0.4, 0.5) is 0 Å². The number of sulfonamides is 1. The quantitative estimate of drug-likeness (QED) is 0.674. The maximum atomic E-state index is 12.6. The molecule has 0 amide bonds. The van der Waals surface area contributed by atoms with Gasteiger partial charge >= 0.3 is 0 Å². The predicted molar refractivity (Wildman–Crippen MR) is 91.9 cm³/mol. The molecular formula is C14H12Br2ClNO2S. The van der Waals surface area contributed by atoms with E-state index < -0.39 is 10.0 Å². The second-order valence-electron chi connectivity index (χ2n) is 4.46. The van der Waals surface area contributed by atoms with E-state index in [2.05, 4.69) is 31.9 Å². The van der Waals surface area contributed by atoms with Gasteiger partial charge in [0.15, 0.2) is 0 Å². The third kappa shape index (κ3) is 4.07. The maximum Gasteiger partial charge on any atom is 0.244 e. The Morgan fingerprint density at radius 2 is 1.71 bits per heavy atom. The van der Waals surface area contributed by atoms with Crippen LogP contribution in [0.25, 0.3) is 0 Å². The van der Waals surface area contributed by atoms with Gasteiger partial charge in [-0.25, -0.2) is 8.42 Å². The molecule has 21 heavy (non-hydrogen) atoms. The van der Waals surface area contributed by atoms with Crippen molar-refractivity contribution in [1.82, 2.24) is 4.31 Å². The summed E-state index contributed by atoms with van der Waals surface area (Å²) >= 11 is 12.4. The second kappa shape index (κ2) is 6.79. The van der Waals surface area contributed by atoms with Crippen molar-refractivity contribution >= 4 is 53.5 Å². The molecule has 0 saturated carbocycles. The molecule has 0 saturated heterocycles. The zero-order valence-corrected chi connectivity index (χ0v) is 15.8. The van der Waals surface area contributed by atoms with Gasteiger partial charge in [-0.15, -0.1) is 0 Å². The average molecular weight is 454 g/mol.